The molecule has 1 atom stereocenters. The fourth-order valence-electron chi connectivity index (χ4n) is 2.64. The molecule has 5 nitrogen and oxygen atoms in total. The molecule has 0 aromatic heterocycles. The van der Waals surface area contributed by atoms with E-state index in [2.05, 4.69) is 5.32 Å². The number of carbonyl (C=O) groups excluding carboxylic acids is 1. The van der Waals surface area contributed by atoms with E-state index < -0.39 is 0 Å². The highest BCUT2D eigenvalue weighted by Crippen LogP contribution is 2.14. The largest absolute Gasteiger partial charge is 0.497 e. The Bertz CT molecular complexity index is 676. The molecule has 0 heterocycles. The van der Waals surface area contributed by atoms with Crippen LogP contribution in [0, 0.1) is 0 Å². The van der Waals surface area contributed by atoms with Crippen LogP contribution in [0.1, 0.15) is 18.9 Å². The number of nitrogens with one attached hydrogen (secondary N) is 1. The Morgan fingerprint density at radius 3 is 2.58 bits per heavy atom. The molecular weight excluding hydrogens is 328 g/mol. The first kappa shape index (κ1) is 19.6. The quantitative estimate of drug-likeness (QED) is 0.697. The van der Waals surface area contributed by atoms with Crippen molar-refractivity contribution in [3.63, 3.8) is 0 Å². The van der Waals surface area contributed by atoms with Crippen molar-refractivity contribution in [2.24, 2.45) is 0 Å². The number of ether oxygens (including phenoxy) is 2. The van der Waals surface area contributed by atoms with E-state index in [0.29, 0.717) is 13.2 Å². The summed E-state index contributed by atoms with van der Waals surface area (Å²) in [4.78, 5) is 14.0. The Labute approximate surface area is 155 Å². The average molecular weight is 356 g/mol. The lowest BCUT2D eigenvalue weighted by molar-refractivity contribution is 0.200. The monoisotopic (exact) mass is 356 g/mol. The first-order valence-electron chi connectivity index (χ1n) is 8.91. The standard InChI is InChI=1S/C21H28N2O3/c1-17(15-18-9-7-12-20(16-18)25-3)22-21(24)23(2)13-8-14-26-19-10-5-4-6-11-19/h4-7,9-12,16-17H,8,13-15H2,1-3H3,(H,22,24). The molecule has 140 valence electrons. The fourth-order valence-corrected chi connectivity index (χ4v) is 2.64. The molecule has 0 aliphatic heterocycles. The molecule has 2 amide bonds. The normalized spacial score (nSPS) is 11.5. The van der Waals surface area contributed by atoms with E-state index >= 15 is 0 Å². The van der Waals surface area contributed by atoms with Gasteiger partial charge in [0.25, 0.3) is 0 Å². The number of benzene rings is 2. The van der Waals surface area contributed by atoms with Gasteiger partial charge < -0.3 is 19.7 Å². The van der Waals surface area contributed by atoms with Gasteiger partial charge in [-0.2, -0.15) is 0 Å². The third-order valence-corrected chi connectivity index (χ3v) is 4.04. The Kier molecular flexibility index (Phi) is 7.80. The second-order valence-corrected chi connectivity index (χ2v) is 6.34. The van der Waals surface area contributed by atoms with Crippen LogP contribution in [-0.2, 0) is 6.42 Å². The molecule has 2 aromatic carbocycles. The Hall–Kier alpha value is -2.69. The lowest BCUT2D eigenvalue weighted by Crippen LogP contribution is -2.43. The third-order valence-electron chi connectivity index (χ3n) is 4.04. The number of carbonyl (C=O) groups is 1. The predicted molar refractivity (Wildman–Crippen MR) is 104 cm³/mol. The highest BCUT2D eigenvalue weighted by Gasteiger charge is 2.12. The lowest BCUT2D eigenvalue weighted by atomic mass is 10.1. The van der Waals surface area contributed by atoms with Gasteiger partial charge in [0, 0.05) is 19.6 Å². The molecule has 1 unspecified atom stereocenters. The average Bonchev–Trinajstić information content (AvgIpc) is 2.65. The maximum absolute atomic E-state index is 12.3. The van der Waals surface area contributed by atoms with E-state index in [1.807, 2.05) is 61.5 Å². The number of para-hydroxylation sites is 1. The van der Waals surface area contributed by atoms with Crippen LogP contribution in [0.4, 0.5) is 4.79 Å². The van der Waals surface area contributed by atoms with Gasteiger partial charge in [0.2, 0.25) is 0 Å². The highest BCUT2D eigenvalue weighted by atomic mass is 16.5. The highest BCUT2D eigenvalue weighted by molar-refractivity contribution is 5.74. The molecule has 2 aromatic rings. The van der Waals surface area contributed by atoms with Crippen LogP contribution in [0.2, 0.25) is 0 Å². The fraction of sp³-hybridized carbons (Fsp3) is 0.381. The number of urea groups is 1. The Balaban J connectivity index is 1.68. The molecule has 26 heavy (non-hydrogen) atoms. The number of rotatable bonds is 9. The van der Waals surface area contributed by atoms with Crippen molar-refractivity contribution in [1.82, 2.24) is 10.2 Å². The summed E-state index contributed by atoms with van der Waals surface area (Å²) < 4.78 is 10.9. The van der Waals surface area contributed by atoms with Crippen molar-refractivity contribution < 1.29 is 14.3 Å². The zero-order valence-electron chi connectivity index (χ0n) is 15.8. The molecule has 0 radical (unpaired) electrons. The molecule has 5 heteroatoms. The number of hydrogen-bond donors (Lipinski definition) is 1. The number of amides is 2. The van der Waals surface area contributed by atoms with E-state index in [9.17, 15) is 4.79 Å². The summed E-state index contributed by atoms with van der Waals surface area (Å²) in [5.41, 5.74) is 1.14. The molecule has 0 bridgehead atoms. The van der Waals surface area contributed by atoms with E-state index in [4.69, 9.17) is 9.47 Å². The number of methoxy groups -OCH3 is 1. The summed E-state index contributed by atoms with van der Waals surface area (Å²) in [7, 11) is 3.46. The zero-order valence-corrected chi connectivity index (χ0v) is 15.8. The van der Waals surface area contributed by atoms with Crippen LogP contribution in [0.3, 0.4) is 0 Å². The second-order valence-electron chi connectivity index (χ2n) is 6.34. The number of nitrogens with zero attached hydrogens (tertiary/aromatic N) is 1. The maximum atomic E-state index is 12.3. The molecule has 2 rings (SSSR count). The first-order valence-corrected chi connectivity index (χ1v) is 8.91. The van der Waals surface area contributed by atoms with Crippen LogP contribution >= 0.6 is 0 Å². The summed E-state index contributed by atoms with van der Waals surface area (Å²) in [6, 6.07) is 17.6. The molecule has 0 saturated carbocycles. The molecule has 0 spiro atoms. The second kappa shape index (κ2) is 10.3. The molecule has 0 aliphatic rings. The minimum Gasteiger partial charge on any atom is -0.497 e. The van der Waals surface area contributed by atoms with Crippen molar-refractivity contribution in [2.75, 3.05) is 27.3 Å². The SMILES string of the molecule is COc1cccc(CC(C)NC(=O)N(C)CCCOc2ccccc2)c1. The smallest absolute Gasteiger partial charge is 0.317 e. The Morgan fingerprint density at radius 2 is 1.85 bits per heavy atom. The van der Waals surface area contributed by atoms with Gasteiger partial charge in [-0.15, -0.1) is 0 Å². The summed E-state index contributed by atoms with van der Waals surface area (Å²) >= 11 is 0. The van der Waals surface area contributed by atoms with Gasteiger partial charge in [0.05, 0.1) is 13.7 Å². The van der Waals surface area contributed by atoms with Crippen LogP contribution in [0.15, 0.2) is 54.6 Å². The van der Waals surface area contributed by atoms with Gasteiger partial charge in [-0.3, -0.25) is 0 Å². The van der Waals surface area contributed by atoms with Gasteiger partial charge in [0.1, 0.15) is 11.5 Å². The van der Waals surface area contributed by atoms with Crippen molar-refractivity contribution in [1.29, 1.82) is 0 Å². The van der Waals surface area contributed by atoms with Crippen molar-refractivity contribution >= 4 is 6.03 Å². The van der Waals surface area contributed by atoms with E-state index in [-0.39, 0.29) is 12.1 Å². The third kappa shape index (κ3) is 6.67. The molecule has 0 aliphatic carbocycles. The van der Waals surface area contributed by atoms with Gasteiger partial charge >= 0.3 is 6.03 Å². The van der Waals surface area contributed by atoms with Crippen molar-refractivity contribution in [3.8, 4) is 11.5 Å². The number of hydrogen-bond acceptors (Lipinski definition) is 3. The minimum atomic E-state index is -0.0693. The predicted octanol–water partition coefficient (Wildman–Crippen LogP) is 3.74. The molecule has 1 N–H and O–H groups in total. The van der Waals surface area contributed by atoms with Crippen LogP contribution in [-0.4, -0.2) is 44.3 Å². The summed E-state index contributed by atoms with van der Waals surface area (Å²) in [5.74, 6) is 1.68. The maximum Gasteiger partial charge on any atom is 0.317 e. The zero-order chi connectivity index (χ0) is 18.8. The van der Waals surface area contributed by atoms with Crippen molar-refractivity contribution in [2.45, 2.75) is 25.8 Å². The van der Waals surface area contributed by atoms with Gasteiger partial charge in [-0.1, -0.05) is 30.3 Å². The summed E-state index contributed by atoms with van der Waals surface area (Å²) in [5, 5.41) is 3.03. The van der Waals surface area contributed by atoms with E-state index in [1.54, 1.807) is 19.1 Å². The first-order chi connectivity index (χ1) is 12.6. The summed E-state index contributed by atoms with van der Waals surface area (Å²) in [6.45, 7) is 3.23. The topological polar surface area (TPSA) is 50.8 Å². The van der Waals surface area contributed by atoms with Crippen molar-refractivity contribution in [3.05, 3.63) is 60.2 Å². The van der Waals surface area contributed by atoms with Crippen LogP contribution < -0.4 is 14.8 Å². The Morgan fingerprint density at radius 1 is 1.12 bits per heavy atom. The minimum absolute atomic E-state index is 0.0395. The molecule has 0 saturated heterocycles. The van der Waals surface area contributed by atoms with Gasteiger partial charge in [-0.05, 0) is 49.6 Å². The van der Waals surface area contributed by atoms with E-state index in [1.165, 1.54) is 0 Å². The van der Waals surface area contributed by atoms with E-state index in [0.717, 1.165) is 29.9 Å². The van der Waals surface area contributed by atoms with Crippen LogP contribution in [0.25, 0.3) is 0 Å². The van der Waals surface area contributed by atoms with Crippen LogP contribution in [0.5, 0.6) is 11.5 Å². The molecular formula is C21H28N2O3. The summed E-state index contributed by atoms with van der Waals surface area (Å²) in [6.07, 6.45) is 1.54. The van der Waals surface area contributed by atoms with Gasteiger partial charge in [-0.25, -0.2) is 4.79 Å². The lowest BCUT2D eigenvalue weighted by Gasteiger charge is -2.21. The molecule has 0 fully saturated rings. The van der Waals surface area contributed by atoms with Gasteiger partial charge in [0.15, 0.2) is 0 Å².